The maximum absolute atomic E-state index is 12.1. The second kappa shape index (κ2) is 8.86. The largest absolute Gasteiger partial charge is 0.338 e. The van der Waals surface area contributed by atoms with Gasteiger partial charge in [-0.2, -0.15) is 0 Å². The van der Waals surface area contributed by atoms with Crippen molar-refractivity contribution < 1.29 is 9.59 Å². The minimum Gasteiger partial charge on any atom is -0.338 e. The summed E-state index contributed by atoms with van der Waals surface area (Å²) in [5.74, 6) is -0.308. The number of amides is 3. The van der Waals surface area contributed by atoms with Crippen LogP contribution in [-0.2, 0) is 4.79 Å². The lowest BCUT2D eigenvalue weighted by Crippen LogP contribution is -2.51. The van der Waals surface area contributed by atoms with Crippen LogP contribution < -0.4 is 16.0 Å². The van der Waals surface area contributed by atoms with Gasteiger partial charge in [-0.3, -0.25) is 15.0 Å². The van der Waals surface area contributed by atoms with Crippen LogP contribution in [-0.4, -0.2) is 49.6 Å². The van der Waals surface area contributed by atoms with Gasteiger partial charge in [0.05, 0.1) is 6.54 Å². The highest BCUT2D eigenvalue weighted by molar-refractivity contribution is 6.31. The maximum Gasteiger partial charge on any atom is 0.321 e. The van der Waals surface area contributed by atoms with Gasteiger partial charge in [0.1, 0.15) is 0 Å². The fraction of sp³-hybridized carbons (Fsp3) is 0.500. The van der Waals surface area contributed by atoms with Crippen molar-refractivity contribution >= 4 is 23.5 Å². The molecule has 1 atom stereocenters. The second-order valence-electron chi connectivity index (χ2n) is 5.52. The van der Waals surface area contributed by atoms with Gasteiger partial charge in [-0.05, 0) is 18.1 Å². The minimum absolute atomic E-state index is 0.0157. The van der Waals surface area contributed by atoms with Gasteiger partial charge in [0.2, 0.25) is 5.91 Å². The highest BCUT2D eigenvalue weighted by Crippen LogP contribution is 2.28. The Hall–Kier alpha value is -1.63. The summed E-state index contributed by atoms with van der Waals surface area (Å²) in [5, 5.41) is 9.00. The molecule has 0 aliphatic carbocycles. The molecule has 1 aromatic carbocycles. The van der Waals surface area contributed by atoms with Crippen molar-refractivity contribution in [2.45, 2.75) is 19.4 Å². The van der Waals surface area contributed by atoms with Crippen molar-refractivity contribution in [3.8, 4) is 0 Å². The molecule has 1 fully saturated rings. The molecule has 0 saturated carbocycles. The number of nitrogens with one attached hydrogen (secondary N) is 3. The molecular weight excluding hydrogens is 316 g/mol. The molecule has 3 N–H and O–H groups in total. The summed E-state index contributed by atoms with van der Waals surface area (Å²) in [6.45, 7) is 4.92. The molecular formula is C16H23ClN4O2. The zero-order chi connectivity index (χ0) is 16.7. The third-order valence-corrected chi connectivity index (χ3v) is 4.10. The van der Waals surface area contributed by atoms with Crippen molar-refractivity contribution in [1.82, 2.24) is 20.9 Å². The van der Waals surface area contributed by atoms with Crippen LogP contribution in [0.3, 0.4) is 0 Å². The first-order chi connectivity index (χ1) is 11.1. The molecule has 1 saturated heterocycles. The fourth-order valence-electron chi connectivity index (χ4n) is 2.62. The van der Waals surface area contributed by atoms with Crippen LogP contribution in [0.5, 0.6) is 0 Å². The number of carbonyl (C=O) groups excluding carboxylic acids is 2. The van der Waals surface area contributed by atoms with E-state index in [1.807, 2.05) is 36.1 Å². The Kier molecular flexibility index (Phi) is 6.83. The van der Waals surface area contributed by atoms with Gasteiger partial charge in [0, 0.05) is 37.2 Å². The minimum atomic E-state index is -0.443. The number of hydrogen-bond donors (Lipinski definition) is 3. The van der Waals surface area contributed by atoms with E-state index in [2.05, 4.69) is 16.0 Å². The van der Waals surface area contributed by atoms with Crippen molar-refractivity contribution in [3.05, 3.63) is 34.9 Å². The first-order valence-corrected chi connectivity index (χ1v) is 8.26. The van der Waals surface area contributed by atoms with E-state index in [1.165, 1.54) is 0 Å². The molecule has 0 aromatic heterocycles. The van der Waals surface area contributed by atoms with Crippen LogP contribution in [0.4, 0.5) is 4.79 Å². The number of hydrogen-bond acceptors (Lipinski definition) is 4. The van der Waals surface area contributed by atoms with Gasteiger partial charge < -0.3 is 10.6 Å². The molecule has 1 unspecified atom stereocenters. The quantitative estimate of drug-likeness (QED) is 0.761. The molecule has 23 heavy (non-hydrogen) atoms. The molecule has 0 radical (unpaired) electrons. The number of urea groups is 1. The molecule has 6 nitrogen and oxygen atoms in total. The van der Waals surface area contributed by atoms with E-state index in [4.69, 9.17) is 11.6 Å². The van der Waals surface area contributed by atoms with Crippen molar-refractivity contribution in [2.75, 3.05) is 32.7 Å². The molecule has 3 amide bonds. The Morgan fingerprint density at radius 1 is 1.39 bits per heavy atom. The zero-order valence-electron chi connectivity index (χ0n) is 13.3. The standard InChI is InChI=1S/C16H23ClN4O2/c1-2-7-19-16(23)20-15(22)11-21-9-8-18-10-14(21)12-5-3-4-6-13(12)17/h3-6,14,18H,2,7-11H2,1H3,(H2,19,20,22,23). The van der Waals surface area contributed by atoms with Crippen LogP contribution in [0.15, 0.2) is 24.3 Å². The molecule has 126 valence electrons. The van der Waals surface area contributed by atoms with Crippen LogP contribution in [0.2, 0.25) is 5.02 Å². The summed E-state index contributed by atoms with van der Waals surface area (Å²) in [6.07, 6.45) is 0.827. The second-order valence-corrected chi connectivity index (χ2v) is 5.92. The normalized spacial score (nSPS) is 18.4. The average molecular weight is 339 g/mol. The van der Waals surface area contributed by atoms with E-state index in [-0.39, 0.29) is 18.5 Å². The molecule has 1 aromatic rings. The predicted molar refractivity (Wildman–Crippen MR) is 90.5 cm³/mol. The van der Waals surface area contributed by atoms with Gasteiger partial charge >= 0.3 is 6.03 Å². The lowest BCUT2D eigenvalue weighted by molar-refractivity contribution is -0.122. The zero-order valence-corrected chi connectivity index (χ0v) is 14.0. The van der Waals surface area contributed by atoms with Crippen LogP contribution in [0, 0.1) is 0 Å². The topological polar surface area (TPSA) is 73.5 Å². The Morgan fingerprint density at radius 2 is 2.17 bits per heavy atom. The van der Waals surface area contributed by atoms with Crippen LogP contribution in [0.25, 0.3) is 0 Å². The third-order valence-electron chi connectivity index (χ3n) is 3.75. The third kappa shape index (κ3) is 5.20. The average Bonchev–Trinajstić information content (AvgIpc) is 2.54. The Balaban J connectivity index is 1.97. The monoisotopic (exact) mass is 338 g/mol. The summed E-state index contributed by atoms with van der Waals surface area (Å²) in [7, 11) is 0. The maximum atomic E-state index is 12.1. The van der Waals surface area contributed by atoms with E-state index in [1.54, 1.807) is 0 Å². The van der Waals surface area contributed by atoms with Crippen molar-refractivity contribution in [2.24, 2.45) is 0 Å². The number of nitrogens with zero attached hydrogens (tertiary/aromatic N) is 1. The highest BCUT2D eigenvalue weighted by atomic mass is 35.5. The fourth-order valence-corrected chi connectivity index (χ4v) is 2.88. The van der Waals surface area contributed by atoms with Gasteiger partial charge in [0.15, 0.2) is 0 Å². The first kappa shape index (κ1) is 17.7. The van der Waals surface area contributed by atoms with Crippen LogP contribution >= 0.6 is 11.6 Å². The van der Waals surface area contributed by atoms with E-state index >= 15 is 0 Å². The smallest absolute Gasteiger partial charge is 0.321 e. The summed E-state index contributed by atoms with van der Waals surface area (Å²) in [5.41, 5.74) is 0.990. The lowest BCUT2D eigenvalue weighted by Gasteiger charge is -2.36. The van der Waals surface area contributed by atoms with E-state index < -0.39 is 6.03 Å². The van der Waals surface area contributed by atoms with Crippen LogP contribution in [0.1, 0.15) is 24.9 Å². The number of carbonyl (C=O) groups is 2. The lowest BCUT2D eigenvalue weighted by atomic mass is 10.0. The SMILES string of the molecule is CCCNC(=O)NC(=O)CN1CCNCC1c1ccccc1Cl. The highest BCUT2D eigenvalue weighted by Gasteiger charge is 2.27. The number of rotatable bonds is 5. The van der Waals surface area contributed by atoms with Gasteiger partial charge in [-0.25, -0.2) is 4.79 Å². The summed E-state index contributed by atoms with van der Waals surface area (Å²) < 4.78 is 0. The number of piperazine rings is 1. The molecule has 7 heteroatoms. The van der Waals surface area contributed by atoms with Crippen molar-refractivity contribution in [1.29, 1.82) is 0 Å². The molecule has 0 spiro atoms. The molecule has 1 heterocycles. The molecule has 0 bridgehead atoms. The van der Waals surface area contributed by atoms with Crippen molar-refractivity contribution in [3.63, 3.8) is 0 Å². The number of benzene rings is 1. The summed E-state index contributed by atoms with van der Waals surface area (Å²) >= 11 is 6.28. The number of imide groups is 1. The Labute approximate surface area is 141 Å². The Morgan fingerprint density at radius 3 is 2.91 bits per heavy atom. The van der Waals surface area contributed by atoms with E-state index in [0.29, 0.717) is 11.6 Å². The molecule has 2 rings (SSSR count). The van der Waals surface area contributed by atoms with Gasteiger partial charge in [0.25, 0.3) is 0 Å². The van der Waals surface area contributed by atoms with Gasteiger partial charge in [-0.1, -0.05) is 36.7 Å². The van der Waals surface area contributed by atoms with Gasteiger partial charge in [-0.15, -0.1) is 0 Å². The van der Waals surface area contributed by atoms with E-state index in [9.17, 15) is 9.59 Å². The molecule has 1 aliphatic rings. The number of halogens is 1. The predicted octanol–water partition coefficient (Wildman–Crippen LogP) is 1.52. The molecule has 1 aliphatic heterocycles. The van der Waals surface area contributed by atoms with E-state index in [0.717, 1.165) is 31.6 Å². The first-order valence-electron chi connectivity index (χ1n) is 7.88. The summed E-state index contributed by atoms with van der Waals surface area (Å²) in [6, 6.07) is 7.22. The summed E-state index contributed by atoms with van der Waals surface area (Å²) in [4.78, 5) is 25.7. The Bertz CT molecular complexity index is 553.